The number of amides is 1. The zero-order valence-electron chi connectivity index (χ0n) is 12.3. The monoisotopic (exact) mass is 375 g/mol. The Morgan fingerprint density at radius 1 is 1.43 bits per heavy atom. The Morgan fingerprint density at radius 2 is 2.05 bits per heavy atom. The number of benzene rings is 1. The quantitative estimate of drug-likeness (QED) is 0.776. The molecule has 0 spiro atoms. The Balaban J connectivity index is 3.17. The largest absolute Gasteiger partial charge is 0.389 e. The molecule has 0 atom stereocenters. The van der Waals surface area contributed by atoms with E-state index < -0.39 is 5.82 Å². The molecule has 0 bridgehead atoms. The van der Waals surface area contributed by atoms with Crippen LogP contribution >= 0.6 is 28.1 Å². The van der Waals surface area contributed by atoms with Crippen molar-refractivity contribution in [3.05, 3.63) is 28.0 Å². The zero-order valence-corrected chi connectivity index (χ0v) is 14.7. The first-order chi connectivity index (χ1) is 9.79. The summed E-state index contributed by atoms with van der Waals surface area (Å²) in [5, 5.41) is 0. The standard InChI is InChI=1S/C14H19BrFN3OS/c1-4-7-19(8-11(20)18(2)3)10-6-5-9(14(17)21)12(15)13(10)16/h5-6H,4,7-8H2,1-3H3,(H2,17,21). The highest BCUT2D eigenvalue weighted by Gasteiger charge is 2.19. The predicted octanol–water partition coefficient (Wildman–Crippen LogP) is 2.53. The Morgan fingerprint density at radius 3 is 2.52 bits per heavy atom. The highest BCUT2D eigenvalue weighted by molar-refractivity contribution is 9.10. The number of likely N-dealkylation sites (N-methyl/N-ethyl adjacent to an activating group) is 1. The summed E-state index contributed by atoms with van der Waals surface area (Å²) >= 11 is 8.06. The molecular formula is C14H19BrFN3OS. The van der Waals surface area contributed by atoms with Crippen LogP contribution in [-0.4, -0.2) is 43.0 Å². The number of nitrogens with zero attached hydrogens (tertiary/aromatic N) is 2. The summed E-state index contributed by atoms with van der Waals surface area (Å²) in [6, 6.07) is 3.26. The average molecular weight is 376 g/mol. The SMILES string of the molecule is CCCN(CC(=O)N(C)C)c1ccc(C(N)=S)c(Br)c1F. The Hall–Kier alpha value is -1.21. The van der Waals surface area contributed by atoms with Crippen LogP contribution in [0, 0.1) is 5.82 Å². The number of anilines is 1. The highest BCUT2D eigenvalue weighted by Crippen LogP contribution is 2.29. The number of carbonyl (C=O) groups excluding carboxylic acids is 1. The lowest BCUT2D eigenvalue weighted by molar-refractivity contribution is -0.127. The first kappa shape index (κ1) is 17.8. The van der Waals surface area contributed by atoms with Gasteiger partial charge >= 0.3 is 0 Å². The van der Waals surface area contributed by atoms with Gasteiger partial charge < -0.3 is 15.5 Å². The number of rotatable bonds is 6. The smallest absolute Gasteiger partial charge is 0.241 e. The minimum atomic E-state index is -0.458. The van der Waals surface area contributed by atoms with E-state index in [0.717, 1.165) is 6.42 Å². The summed E-state index contributed by atoms with van der Waals surface area (Å²) in [4.78, 5) is 15.2. The van der Waals surface area contributed by atoms with Crippen molar-refractivity contribution in [3.63, 3.8) is 0 Å². The van der Waals surface area contributed by atoms with Crippen LogP contribution in [0.2, 0.25) is 0 Å². The zero-order chi connectivity index (χ0) is 16.2. The van der Waals surface area contributed by atoms with Crippen molar-refractivity contribution in [2.45, 2.75) is 13.3 Å². The molecule has 0 aliphatic heterocycles. The van der Waals surface area contributed by atoms with Gasteiger partial charge in [-0.2, -0.15) is 0 Å². The molecule has 1 amide bonds. The molecule has 0 saturated carbocycles. The molecule has 2 N–H and O–H groups in total. The van der Waals surface area contributed by atoms with Crippen molar-refractivity contribution < 1.29 is 9.18 Å². The van der Waals surface area contributed by atoms with E-state index in [-0.39, 0.29) is 21.9 Å². The third kappa shape index (κ3) is 4.38. The van der Waals surface area contributed by atoms with E-state index in [1.165, 1.54) is 4.90 Å². The van der Waals surface area contributed by atoms with Crippen LogP contribution in [0.1, 0.15) is 18.9 Å². The molecule has 0 aliphatic rings. The molecule has 21 heavy (non-hydrogen) atoms. The van der Waals surface area contributed by atoms with Crippen molar-refractivity contribution in [1.29, 1.82) is 0 Å². The third-order valence-corrected chi connectivity index (χ3v) is 3.98. The molecule has 0 heterocycles. The van der Waals surface area contributed by atoms with Gasteiger partial charge in [0.25, 0.3) is 0 Å². The lowest BCUT2D eigenvalue weighted by atomic mass is 10.1. The number of thiocarbonyl (C=S) groups is 1. The van der Waals surface area contributed by atoms with Crippen LogP contribution in [-0.2, 0) is 4.79 Å². The van der Waals surface area contributed by atoms with Crippen LogP contribution < -0.4 is 10.6 Å². The van der Waals surface area contributed by atoms with Gasteiger partial charge in [0, 0.05) is 26.2 Å². The van der Waals surface area contributed by atoms with Gasteiger partial charge in [-0.25, -0.2) is 4.39 Å². The molecule has 0 radical (unpaired) electrons. The molecule has 0 fully saturated rings. The Labute approximate surface area is 138 Å². The van der Waals surface area contributed by atoms with E-state index in [4.69, 9.17) is 18.0 Å². The lowest BCUT2D eigenvalue weighted by Gasteiger charge is -2.26. The third-order valence-electron chi connectivity index (χ3n) is 2.99. The Bertz CT molecular complexity index is 551. The summed E-state index contributed by atoms with van der Waals surface area (Å²) < 4.78 is 14.7. The van der Waals surface area contributed by atoms with Crippen LogP contribution in [0.15, 0.2) is 16.6 Å². The van der Waals surface area contributed by atoms with Gasteiger partial charge in [0.1, 0.15) is 4.99 Å². The summed E-state index contributed by atoms with van der Waals surface area (Å²) in [7, 11) is 3.35. The van der Waals surface area contributed by atoms with Crippen LogP contribution in [0.25, 0.3) is 0 Å². The molecule has 0 aliphatic carbocycles. The molecule has 1 aromatic rings. The van der Waals surface area contributed by atoms with Crippen molar-refractivity contribution in [3.8, 4) is 0 Å². The van der Waals surface area contributed by atoms with Crippen molar-refractivity contribution in [2.75, 3.05) is 32.1 Å². The van der Waals surface area contributed by atoms with Gasteiger partial charge in [-0.1, -0.05) is 19.1 Å². The normalized spacial score (nSPS) is 10.3. The Kier molecular flexibility index (Phi) is 6.54. The van der Waals surface area contributed by atoms with E-state index in [1.54, 1.807) is 31.1 Å². The summed E-state index contributed by atoms with van der Waals surface area (Å²) in [6.07, 6.45) is 0.800. The molecule has 0 saturated heterocycles. The van der Waals surface area contributed by atoms with Gasteiger partial charge in [-0.15, -0.1) is 0 Å². The van der Waals surface area contributed by atoms with Gasteiger partial charge in [-0.3, -0.25) is 4.79 Å². The van der Waals surface area contributed by atoms with E-state index >= 15 is 0 Å². The van der Waals surface area contributed by atoms with Gasteiger partial charge in [0.2, 0.25) is 5.91 Å². The first-order valence-electron chi connectivity index (χ1n) is 6.52. The maximum Gasteiger partial charge on any atom is 0.241 e. The molecule has 0 aromatic heterocycles. The average Bonchev–Trinajstić information content (AvgIpc) is 2.40. The van der Waals surface area contributed by atoms with Crippen molar-refractivity contribution in [2.24, 2.45) is 5.73 Å². The first-order valence-corrected chi connectivity index (χ1v) is 7.72. The second-order valence-electron chi connectivity index (χ2n) is 4.83. The van der Waals surface area contributed by atoms with Crippen LogP contribution in [0.5, 0.6) is 0 Å². The van der Waals surface area contributed by atoms with Gasteiger partial charge in [0.15, 0.2) is 5.82 Å². The maximum absolute atomic E-state index is 14.5. The number of hydrogen-bond donors (Lipinski definition) is 1. The number of halogens is 2. The molecule has 0 unspecified atom stereocenters. The van der Waals surface area contributed by atoms with Crippen LogP contribution in [0.3, 0.4) is 0 Å². The number of nitrogens with two attached hydrogens (primary N) is 1. The second kappa shape index (κ2) is 7.70. The van der Waals surface area contributed by atoms with Crippen LogP contribution in [0.4, 0.5) is 10.1 Å². The molecule has 7 heteroatoms. The van der Waals surface area contributed by atoms with E-state index in [0.29, 0.717) is 17.8 Å². The van der Waals surface area contributed by atoms with Gasteiger partial charge in [-0.05, 0) is 34.5 Å². The molecular weight excluding hydrogens is 357 g/mol. The summed E-state index contributed by atoms with van der Waals surface area (Å²) in [5.41, 5.74) is 6.36. The second-order valence-corrected chi connectivity index (χ2v) is 6.07. The van der Waals surface area contributed by atoms with Crippen molar-refractivity contribution >= 4 is 44.7 Å². The molecule has 1 rings (SSSR count). The summed E-state index contributed by atoms with van der Waals surface area (Å²) in [5.74, 6) is -0.544. The number of carbonyl (C=O) groups is 1. The predicted molar refractivity (Wildman–Crippen MR) is 91.2 cm³/mol. The molecule has 116 valence electrons. The summed E-state index contributed by atoms with van der Waals surface area (Å²) in [6.45, 7) is 2.68. The topological polar surface area (TPSA) is 49.6 Å². The molecule has 4 nitrogen and oxygen atoms in total. The maximum atomic E-state index is 14.5. The lowest BCUT2D eigenvalue weighted by Crippen LogP contribution is -2.37. The van der Waals surface area contributed by atoms with E-state index in [2.05, 4.69) is 15.9 Å². The number of hydrogen-bond acceptors (Lipinski definition) is 3. The highest BCUT2D eigenvalue weighted by atomic mass is 79.9. The minimum absolute atomic E-state index is 0.0857. The minimum Gasteiger partial charge on any atom is -0.389 e. The fourth-order valence-corrected chi connectivity index (χ4v) is 2.68. The fourth-order valence-electron chi connectivity index (χ4n) is 1.83. The van der Waals surface area contributed by atoms with E-state index in [9.17, 15) is 9.18 Å². The van der Waals surface area contributed by atoms with E-state index in [1.807, 2.05) is 6.92 Å². The molecule has 1 aromatic carbocycles. The van der Waals surface area contributed by atoms with Gasteiger partial charge in [0.05, 0.1) is 16.7 Å². The van der Waals surface area contributed by atoms with Crippen molar-refractivity contribution in [1.82, 2.24) is 4.90 Å². The fraction of sp³-hybridized carbons (Fsp3) is 0.429.